The summed E-state index contributed by atoms with van der Waals surface area (Å²) in [6.07, 6.45) is -3.72. The van der Waals surface area contributed by atoms with E-state index in [9.17, 15) is 22.8 Å². The number of benzene rings is 1. The van der Waals surface area contributed by atoms with Crippen LogP contribution in [-0.2, 0) is 11.0 Å². The first kappa shape index (κ1) is 16.6. The summed E-state index contributed by atoms with van der Waals surface area (Å²) < 4.78 is 38.1. The van der Waals surface area contributed by atoms with Crippen molar-refractivity contribution in [2.24, 2.45) is 0 Å². The van der Waals surface area contributed by atoms with Crippen LogP contribution in [0.1, 0.15) is 34.7 Å². The third-order valence-corrected chi connectivity index (χ3v) is 3.56. The van der Waals surface area contributed by atoms with Crippen LogP contribution >= 0.6 is 0 Å². The van der Waals surface area contributed by atoms with Gasteiger partial charge in [-0.1, -0.05) is 6.07 Å². The van der Waals surface area contributed by atoms with Gasteiger partial charge in [0, 0.05) is 35.9 Å². The molecule has 0 bridgehead atoms. The maximum absolute atomic E-state index is 12.7. The third kappa shape index (κ3) is 3.06. The van der Waals surface area contributed by atoms with E-state index in [2.05, 4.69) is 15.3 Å². The van der Waals surface area contributed by atoms with Gasteiger partial charge >= 0.3 is 6.18 Å². The maximum Gasteiger partial charge on any atom is 0.451 e. The number of nitriles is 1. The predicted octanol–water partition coefficient (Wildman–Crippen LogP) is 2.95. The molecule has 0 atom stereocenters. The number of fused-ring (bicyclic) bond motifs is 3. The highest BCUT2D eigenvalue weighted by molar-refractivity contribution is 6.21. The molecule has 1 aromatic heterocycles. The zero-order chi connectivity index (χ0) is 18.2. The molecule has 0 aliphatic heterocycles. The molecule has 1 aliphatic carbocycles. The second kappa shape index (κ2) is 5.98. The summed E-state index contributed by atoms with van der Waals surface area (Å²) in [5.74, 6) is -2.44. The molecule has 0 saturated heterocycles. The number of hydrogen-bond acceptors (Lipinski definition) is 5. The molecule has 1 N–H and O–H groups in total. The van der Waals surface area contributed by atoms with Crippen molar-refractivity contribution < 1.29 is 22.8 Å². The lowest BCUT2D eigenvalue weighted by Crippen LogP contribution is -2.13. The molecule has 6 nitrogen and oxygen atoms in total. The van der Waals surface area contributed by atoms with Crippen LogP contribution < -0.4 is 5.32 Å². The third-order valence-electron chi connectivity index (χ3n) is 3.56. The molecule has 0 saturated carbocycles. The van der Waals surface area contributed by atoms with Crippen LogP contribution in [0.5, 0.6) is 0 Å². The molecule has 0 unspecified atom stereocenters. The highest BCUT2D eigenvalue weighted by Gasteiger charge is 2.38. The van der Waals surface area contributed by atoms with Gasteiger partial charge in [-0.3, -0.25) is 9.59 Å². The molecule has 2 aromatic rings. The summed E-state index contributed by atoms with van der Waals surface area (Å²) in [6.45, 7) is 0. The van der Waals surface area contributed by atoms with Crippen LogP contribution in [0.2, 0.25) is 0 Å². The quantitative estimate of drug-likeness (QED) is 0.786. The zero-order valence-electron chi connectivity index (χ0n) is 12.5. The molecule has 1 aliphatic rings. The number of ketones is 1. The molecule has 9 heteroatoms. The van der Waals surface area contributed by atoms with Crippen LogP contribution in [0.15, 0.2) is 24.4 Å². The van der Waals surface area contributed by atoms with Crippen LogP contribution in [0.3, 0.4) is 0 Å². The van der Waals surface area contributed by atoms with E-state index >= 15 is 0 Å². The van der Waals surface area contributed by atoms with Crippen LogP contribution in [0, 0.1) is 11.3 Å². The molecule has 3 rings (SSSR count). The van der Waals surface area contributed by atoms with Gasteiger partial charge < -0.3 is 5.32 Å². The maximum atomic E-state index is 12.7. The number of aromatic nitrogens is 2. The van der Waals surface area contributed by atoms with Crippen molar-refractivity contribution in [2.75, 3.05) is 5.32 Å². The predicted molar refractivity (Wildman–Crippen MR) is 79.4 cm³/mol. The van der Waals surface area contributed by atoms with Crippen molar-refractivity contribution in [3.63, 3.8) is 0 Å². The van der Waals surface area contributed by atoms with Crippen molar-refractivity contribution in [2.45, 2.75) is 19.0 Å². The van der Waals surface area contributed by atoms with E-state index in [4.69, 9.17) is 5.26 Å². The monoisotopic (exact) mass is 346 g/mol. The topological polar surface area (TPSA) is 95.7 Å². The van der Waals surface area contributed by atoms with E-state index in [1.165, 1.54) is 18.2 Å². The van der Waals surface area contributed by atoms with Gasteiger partial charge in [-0.05, 0) is 17.7 Å². The number of alkyl halides is 3. The number of rotatable bonds is 3. The lowest BCUT2D eigenvalue weighted by molar-refractivity contribution is -0.145. The Hall–Kier alpha value is -3.28. The molecule has 1 heterocycles. The number of carbonyl (C=O) groups is 2. The minimum atomic E-state index is -4.75. The highest BCUT2D eigenvalue weighted by atomic mass is 19.4. The van der Waals surface area contributed by atoms with E-state index in [0.717, 1.165) is 6.20 Å². The number of amides is 1. The number of halogens is 3. The number of nitrogens with one attached hydrogen (secondary N) is 1. The largest absolute Gasteiger partial charge is 0.451 e. The number of hydrogen-bond donors (Lipinski definition) is 1. The van der Waals surface area contributed by atoms with Crippen molar-refractivity contribution in [3.8, 4) is 17.2 Å². The molecule has 1 amide bonds. The smallest absolute Gasteiger partial charge is 0.326 e. The lowest BCUT2D eigenvalue weighted by Gasteiger charge is -2.06. The summed E-state index contributed by atoms with van der Waals surface area (Å²) >= 11 is 0. The number of nitrogens with zero attached hydrogens (tertiary/aromatic N) is 3. The van der Waals surface area contributed by atoms with Gasteiger partial charge in [0.25, 0.3) is 0 Å². The SMILES string of the molecule is N#CCCC(=O)Nc1ccc2c(c1)C(=O)c1nc(C(F)(F)F)ncc1-2. The van der Waals surface area contributed by atoms with Gasteiger partial charge in [0.2, 0.25) is 17.5 Å². The first-order valence-electron chi connectivity index (χ1n) is 7.11. The average molecular weight is 346 g/mol. The van der Waals surface area contributed by atoms with Gasteiger partial charge in [-0.2, -0.15) is 18.4 Å². The Labute approximate surface area is 139 Å². The molecule has 0 spiro atoms. The first-order chi connectivity index (χ1) is 11.8. The van der Waals surface area contributed by atoms with Gasteiger partial charge in [-0.15, -0.1) is 0 Å². The van der Waals surface area contributed by atoms with E-state index in [1.807, 2.05) is 6.07 Å². The van der Waals surface area contributed by atoms with Gasteiger partial charge in [-0.25, -0.2) is 9.97 Å². The summed E-state index contributed by atoms with van der Waals surface area (Å²) in [5.41, 5.74) is 0.762. The molecule has 25 heavy (non-hydrogen) atoms. The molecule has 0 radical (unpaired) electrons. The van der Waals surface area contributed by atoms with Crippen molar-refractivity contribution >= 4 is 17.4 Å². The summed E-state index contributed by atoms with van der Waals surface area (Å²) in [7, 11) is 0. The molecular weight excluding hydrogens is 337 g/mol. The van der Waals surface area contributed by atoms with Crippen molar-refractivity contribution in [3.05, 3.63) is 41.5 Å². The fourth-order valence-electron chi connectivity index (χ4n) is 2.45. The van der Waals surface area contributed by atoms with Crippen molar-refractivity contribution in [1.29, 1.82) is 5.26 Å². The number of anilines is 1. The lowest BCUT2D eigenvalue weighted by atomic mass is 10.1. The van der Waals surface area contributed by atoms with Crippen LogP contribution in [-0.4, -0.2) is 21.7 Å². The Morgan fingerprint density at radius 1 is 1.24 bits per heavy atom. The Kier molecular flexibility index (Phi) is 3.96. The normalized spacial score (nSPS) is 12.3. The van der Waals surface area contributed by atoms with E-state index in [-0.39, 0.29) is 29.7 Å². The second-order valence-electron chi connectivity index (χ2n) is 5.25. The van der Waals surface area contributed by atoms with Crippen molar-refractivity contribution in [1.82, 2.24) is 9.97 Å². The summed E-state index contributed by atoms with van der Waals surface area (Å²) in [4.78, 5) is 30.6. The highest BCUT2D eigenvalue weighted by Crippen LogP contribution is 2.38. The molecule has 1 aromatic carbocycles. The Morgan fingerprint density at radius 3 is 2.68 bits per heavy atom. The molecule has 0 fully saturated rings. The molecular formula is C16H9F3N4O2. The molecule has 126 valence electrons. The van der Waals surface area contributed by atoms with E-state index < -0.39 is 23.7 Å². The Bertz CT molecular complexity index is 932. The van der Waals surface area contributed by atoms with Gasteiger partial charge in [0.05, 0.1) is 6.07 Å². The van der Waals surface area contributed by atoms with Crippen LogP contribution in [0.4, 0.5) is 18.9 Å². The fourth-order valence-corrected chi connectivity index (χ4v) is 2.45. The van der Waals surface area contributed by atoms with Crippen LogP contribution in [0.25, 0.3) is 11.1 Å². The Balaban J connectivity index is 1.92. The fraction of sp³-hybridized carbons (Fsp3) is 0.188. The Morgan fingerprint density at radius 2 is 2.00 bits per heavy atom. The second-order valence-corrected chi connectivity index (χ2v) is 5.25. The summed E-state index contributed by atoms with van der Waals surface area (Å²) in [6, 6.07) is 6.24. The zero-order valence-corrected chi connectivity index (χ0v) is 12.5. The van der Waals surface area contributed by atoms with Gasteiger partial charge in [0.1, 0.15) is 5.69 Å². The number of carbonyl (C=O) groups excluding carboxylic acids is 2. The van der Waals surface area contributed by atoms with E-state index in [0.29, 0.717) is 11.3 Å². The average Bonchev–Trinajstić information content (AvgIpc) is 2.84. The van der Waals surface area contributed by atoms with Gasteiger partial charge in [0.15, 0.2) is 0 Å². The van der Waals surface area contributed by atoms with E-state index in [1.54, 1.807) is 0 Å². The standard InChI is InChI=1S/C16H9F3N4O2/c17-16(18,19)15-21-7-11-9-4-3-8(22-12(24)2-1-5-20)6-10(9)14(25)13(11)23-15/h3-4,6-7H,1-2H2,(H,22,24). The minimum absolute atomic E-state index is 0.00216. The minimum Gasteiger partial charge on any atom is -0.326 e. The first-order valence-corrected chi connectivity index (χ1v) is 7.11. The summed E-state index contributed by atoms with van der Waals surface area (Å²) in [5, 5.41) is 11.0.